The molecule has 0 radical (unpaired) electrons. The molecule has 4 heteroatoms. The molecule has 0 aliphatic heterocycles. The van der Waals surface area contributed by atoms with Gasteiger partial charge < -0.3 is 5.32 Å². The molecule has 0 unspecified atom stereocenters. The number of hydrogen-bond donors (Lipinski definition) is 3. The van der Waals surface area contributed by atoms with Crippen molar-refractivity contribution in [3.63, 3.8) is 0 Å². The zero-order valence-electron chi connectivity index (χ0n) is 6.79. The number of rotatable bonds is 1. The van der Waals surface area contributed by atoms with Gasteiger partial charge in [-0.3, -0.25) is 5.43 Å². The van der Waals surface area contributed by atoms with Crippen molar-refractivity contribution in [2.24, 2.45) is 5.84 Å². The predicted octanol–water partition coefficient (Wildman–Crippen LogP) is 0.990. The third kappa shape index (κ3) is 2.25. The molecule has 4 N–H and O–H groups in total. The molecule has 2 amide bonds. The molecule has 0 bridgehead atoms. The highest BCUT2D eigenvalue weighted by molar-refractivity contribution is 5.88. The maximum Gasteiger partial charge on any atom is 0.333 e. The van der Waals surface area contributed by atoms with E-state index in [1.807, 2.05) is 36.6 Å². The average Bonchev–Trinajstić information content (AvgIpc) is 2.09. The minimum Gasteiger partial charge on any atom is -0.307 e. The van der Waals surface area contributed by atoms with E-state index in [0.717, 1.165) is 11.3 Å². The number of carbonyl (C=O) groups is 1. The van der Waals surface area contributed by atoms with E-state index in [9.17, 15) is 4.79 Å². The molecule has 0 saturated heterocycles. The van der Waals surface area contributed by atoms with Crippen LogP contribution in [0.5, 0.6) is 0 Å². The van der Waals surface area contributed by atoms with Crippen molar-refractivity contribution in [1.82, 2.24) is 5.43 Å². The first-order chi connectivity index (χ1) is 5.72. The molecule has 0 aliphatic rings. The van der Waals surface area contributed by atoms with Crippen LogP contribution < -0.4 is 16.6 Å². The van der Waals surface area contributed by atoms with E-state index < -0.39 is 6.03 Å². The predicted molar refractivity (Wildman–Crippen MR) is 47.5 cm³/mol. The van der Waals surface area contributed by atoms with Gasteiger partial charge in [0.2, 0.25) is 0 Å². The van der Waals surface area contributed by atoms with Crippen LogP contribution in [0, 0.1) is 6.92 Å². The molecule has 0 fully saturated rings. The molecule has 1 aromatic rings. The van der Waals surface area contributed by atoms with Crippen LogP contribution in [0.4, 0.5) is 10.5 Å². The van der Waals surface area contributed by atoms with Gasteiger partial charge in [-0.25, -0.2) is 10.6 Å². The van der Waals surface area contributed by atoms with Crippen molar-refractivity contribution in [3.05, 3.63) is 29.8 Å². The van der Waals surface area contributed by atoms with Crippen LogP contribution in [-0.2, 0) is 0 Å². The second-order valence-electron chi connectivity index (χ2n) is 2.46. The Balaban J connectivity index is 2.64. The van der Waals surface area contributed by atoms with Crippen LogP contribution >= 0.6 is 0 Å². The third-order valence-electron chi connectivity index (χ3n) is 1.44. The van der Waals surface area contributed by atoms with Gasteiger partial charge in [0.05, 0.1) is 0 Å². The fourth-order valence-corrected chi connectivity index (χ4v) is 0.804. The highest BCUT2D eigenvalue weighted by Crippen LogP contribution is 2.07. The fraction of sp³-hybridized carbons (Fsp3) is 0.125. The molecule has 4 nitrogen and oxygen atoms in total. The van der Waals surface area contributed by atoms with Crippen molar-refractivity contribution in [2.75, 3.05) is 5.32 Å². The van der Waals surface area contributed by atoms with Gasteiger partial charge in [-0.1, -0.05) is 17.7 Å². The number of carbonyl (C=O) groups excluding carboxylic acids is 1. The monoisotopic (exact) mass is 165 g/mol. The molecule has 0 spiro atoms. The summed E-state index contributed by atoms with van der Waals surface area (Å²) >= 11 is 0. The lowest BCUT2D eigenvalue weighted by Gasteiger charge is -2.03. The molecule has 0 heterocycles. The van der Waals surface area contributed by atoms with Crippen LogP contribution in [-0.4, -0.2) is 6.03 Å². The normalized spacial score (nSPS) is 9.17. The lowest BCUT2D eigenvalue weighted by atomic mass is 10.2. The number of nitrogens with two attached hydrogens (primary N) is 1. The highest BCUT2D eigenvalue weighted by atomic mass is 16.2. The van der Waals surface area contributed by atoms with Gasteiger partial charge in [0.25, 0.3) is 0 Å². The van der Waals surface area contributed by atoms with Crippen LogP contribution in [0.1, 0.15) is 5.56 Å². The van der Waals surface area contributed by atoms with Crippen molar-refractivity contribution in [3.8, 4) is 0 Å². The Morgan fingerprint density at radius 3 is 2.42 bits per heavy atom. The SMILES string of the molecule is Cc1ccc(NC(=O)NN)cc1. The summed E-state index contributed by atoms with van der Waals surface area (Å²) in [4.78, 5) is 10.7. The number of benzene rings is 1. The minimum atomic E-state index is -0.418. The number of amides is 2. The topological polar surface area (TPSA) is 67.2 Å². The lowest BCUT2D eigenvalue weighted by Crippen LogP contribution is -2.34. The number of anilines is 1. The van der Waals surface area contributed by atoms with E-state index in [2.05, 4.69) is 5.32 Å². The van der Waals surface area contributed by atoms with Gasteiger partial charge in [-0.15, -0.1) is 0 Å². The first-order valence-corrected chi connectivity index (χ1v) is 3.56. The first kappa shape index (κ1) is 8.55. The van der Waals surface area contributed by atoms with Crippen molar-refractivity contribution >= 4 is 11.7 Å². The summed E-state index contributed by atoms with van der Waals surface area (Å²) in [7, 11) is 0. The summed E-state index contributed by atoms with van der Waals surface area (Å²) in [6.07, 6.45) is 0. The summed E-state index contributed by atoms with van der Waals surface area (Å²) in [5.41, 5.74) is 3.85. The number of urea groups is 1. The van der Waals surface area contributed by atoms with Gasteiger partial charge in [0, 0.05) is 5.69 Å². The van der Waals surface area contributed by atoms with Gasteiger partial charge >= 0.3 is 6.03 Å². The zero-order chi connectivity index (χ0) is 8.97. The fourth-order valence-electron chi connectivity index (χ4n) is 0.804. The maximum absolute atomic E-state index is 10.7. The summed E-state index contributed by atoms with van der Waals surface area (Å²) in [5.74, 6) is 4.89. The third-order valence-corrected chi connectivity index (χ3v) is 1.44. The molecule has 1 aromatic carbocycles. The Kier molecular flexibility index (Phi) is 2.66. The van der Waals surface area contributed by atoms with E-state index >= 15 is 0 Å². The van der Waals surface area contributed by atoms with Crippen LogP contribution in [0.2, 0.25) is 0 Å². The first-order valence-electron chi connectivity index (χ1n) is 3.56. The molecule has 0 aromatic heterocycles. The number of hydrogen-bond acceptors (Lipinski definition) is 2. The minimum absolute atomic E-state index is 0.418. The van der Waals surface area contributed by atoms with E-state index in [1.165, 1.54) is 0 Å². The Hall–Kier alpha value is -1.55. The smallest absolute Gasteiger partial charge is 0.307 e. The largest absolute Gasteiger partial charge is 0.333 e. The van der Waals surface area contributed by atoms with Crippen LogP contribution in [0.25, 0.3) is 0 Å². The van der Waals surface area contributed by atoms with Crippen molar-refractivity contribution in [1.29, 1.82) is 0 Å². The van der Waals surface area contributed by atoms with Crippen molar-refractivity contribution in [2.45, 2.75) is 6.92 Å². The Bertz CT molecular complexity index is 268. The summed E-state index contributed by atoms with van der Waals surface area (Å²) in [5, 5.41) is 2.54. The van der Waals surface area contributed by atoms with Crippen molar-refractivity contribution < 1.29 is 4.79 Å². The van der Waals surface area contributed by atoms with E-state index in [4.69, 9.17) is 5.84 Å². The second-order valence-corrected chi connectivity index (χ2v) is 2.46. The molecule has 12 heavy (non-hydrogen) atoms. The van der Waals surface area contributed by atoms with Gasteiger partial charge in [0.15, 0.2) is 0 Å². The second kappa shape index (κ2) is 3.73. The Morgan fingerprint density at radius 2 is 1.92 bits per heavy atom. The highest BCUT2D eigenvalue weighted by Gasteiger charge is 1.96. The number of aryl methyl sites for hydroxylation is 1. The van der Waals surface area contributed by atoms with Gasteiger partial charge in [0.1, 0.15) is 0 Å². The summed E-state index contributed by atoms with van der Waals surface area (Å²) < 4.78 is 0. The Labute approximate surface area is 70.7 Å². The Morgan fingerprint density at radius 1 is 1.33 bits per heavy atom. The molecule has 0 atom stereocenters. The molecule has 0 saturated carbocycles. The standard InChI is InChI=1S/C8H11N3O/c1-6-2-4-7(5-3-6)10-8(12)11-9/h2-5H,9H2,1H3,(H2,10,11,12). The molecular weight excluding hydrogens is 154 g/mol. The lowest BCUT2D eigenvalue weighted by molar-refractivity contribution is 0.252. The van der Waals surface area contributed by atoms with Crippen LogP contribution in [0.15, 0.2) is 24.3 Å². The molecule has 64 valence electrons. The summed E-state index contributed by atoms with van der Waals surface area (Å²) in [6.45, 7) is 1.98. The van der Waals surface area contributed by atoms with E-state index in [1.54, 1.807) is 0 Å². The molecule has 1 rings (SSSR count). The van der Waals surface area contributed by atoms with E-state index in [0.29, 0.717) is 0 Å². The number of hydrazine groups is 1. The zero-order valence-corrected chi connectivity index (χ0v) is 6.79. The van der Waals surface area contributed by atoms with E-state index in [-0.39, 0.29) is 0 Å². The maximum atomic E-state index is 10.7. The molecular formula is C8H11N3O. The van der Waals surface area contributed by atoms with Gasteiger partial charge in [-0.05, 0) is 19.1 Å². The summed E-state index contributed by atoms with van der Waals surface area (Å²) in [6, 6.07) is 7.02. The van der Waals surface area contributed by atoms with Gasteiger partial charge in [-0.2, -0.15) is 0 Å². The quantitative estimate of drug-likeness (QED) is 0.330. The van der Waals surface area contributed by atoms with Crippen LogP contribution in [0.3, 0.4) is 0 Å². The molecule has 0 aliphatic carbocycles. The average molecular weight is 165 g/mol. The number of nitrogens with one attached hydrogen (secondary N) is 2.